The molecule has 0 heterocycles. The van der Waals surface area contributed by atoms with E-state index >= 15 is 0 Å². The lowest BCUT2D eigenvalue weighted by molar-refractivity contribution is -0.139. The molecule has 1 N–H and O–H groups in total. The van der Waals surface area contributed by atoms with E-state index < -0.39 is 18.1 Å². The fourth-order valence-corrected chi connectivity index (χ4v) is 1.71. The average molecular weight is 249 g/mol. The summed E-state index contributed by atoms with van der Waals surface area (Å²) in [5, 5.41) is 18.1. The molecule has 0 amide bonds. The van der Waals surface area contributed by atoms with Gasteiger partial charge in [-0.3, -0.25) is 4.79 Å². The summed E-state index contributed by atoms with van der Waals surface area (Å²) in [5.41, 5.74) is 0.672. The van der Waals surface area contributed by atoms with Gasteiger partial charge >= 0.3 is 12.2 Å². The predicted octanol–water partition coefficient (Wildman–Crippen LogP) is 2.85. The van der Waals surface area contributed by atoms with Gasteiger partial charge in [-0.15, -0.1) is 0 Å². The van der Waals surface area contributed by atoms with Crippen molar-refractivity contribution in [1.29, 1.82) is 5.39 Å². The molecule has 1 rings (SSSR count). The van der Waals surface area contributed by atoms with Crippen molar-refractivity contribution in [3.63, 3.8) is 0 Å². The summed E-state index contributed by atoms with van der Waals surface area (Å²) in [7, 11) is 0. The van der Waals surface area contributed by atoms with Crippen LogP contribution in [0.2, 0.25) is 0 Å². The lowest BCUT2D eigenvalue weighted by Gasteiger charge is -2.12. The molecule has 0 aliphatic heterocycles. The number of benzene rings is 1. The molecule has 0 bridgehead atoms. The number of hydrogen-bond donors (Lipinski definition) is 1. The summed E-state index contributed by atoms with van der Waals surface area (Å²) in [4.78, 5) is 14.3. The van der Waals surface area contributed by atoms with Gasteiger partial charge in [-0.1, -0.05) is 30.3 Å². The zero-order valence-electron chi connectivity index (χ0n) is 10.5. The van der Waals surface area contributed by atoms with Crippen LogP contribution in [0.15, 0.2) is 30.3 Å². The zero-order valence-corrected chi connectivity index (χ0v) is 10.5. The van der Waals surface area contributed by atoms with E-state index in [2.05, 4.69) is 4.98 Å². The molecule has 0 saturated carbocycles. The van der Waals surface area contributed by atoms with Crippen LogP contribution in [0.25, 0.3) is 4.98 Å². The molecule has 5 nitrogen and oxygen atoms in total. The third-order valence-electron chi connectivity index (χ3n) is 2.50. The van der Waals surface area contributed by atoms with E-state index in [1.54, 1.807) is 38.1 Å². The summed E-state index contributed by atoms with van der Waals surface area (Å²) in [5.74, 6) is -1.70. The first-order valence-electron chi connectivity index (χ1n) is 5.82. The van der Waals surface area contributed by atoms with Crippen molar-refractivity contribution in [3.8, 4) is 0 Å². The van der Waals surface area contributed by atoms with Crippen molar-refractivity contribution in [2.45, 2.75) is 38.5 Å². The first-order valence-corrected chi connectivity index (χ1v) is 5.82. The van der Waals surface area contributed by atoms with Gasteiger partial charge in [0.15, 0.2) is 4.98 Å². The largest absolute Gasteiger partial charge is 0.481 e. The van der Waals surface area contributed by atoms with E-state index in [0.29, 0.717) is 5.56 Å². The highest BCUT2D eigenvalue weighted by molar-refractivity contribution is 5.76. The van der Waals surface area contributed by atoms with Crippen molar-refractivity contribution in [2.24, 2.45) is 0 Å². The fraction of sp³-hybridized carbons (Fsp3) is 0.462. The minimum Gasteiger partial charge on any atom is -0.481 e. The van der Waals surface area contributed by atoms with E-state index in [0.717, 1.165) is 0 Å². The van der Waals surface area contributed by atoms with Gasteiger partial charge in [0.25, 0.3) is 0 Å². The Bertz CT molecular complexity index is 426. The number of ether oxygens (including phenoxy) is 1. The molecule has 5 heteroatoms. The molecule has 0 aliphatic rings. The summed E-state index contributed by atoms with van der Waals surface area (Å²) < 4.78 is 5.32. The lowest BCUT2D eigenvalue weighted by Crippen LogP contribution is -2.21. The maximum absolute atomic E-state index is 11.3. The SMILES string of the molecule is CC(C)OC(CC(C(=O)O)c1ccccc1)[N+]#N. The second kappa shape index (κ2) is 6.72. The Labute approximate surface area is 106 Å². The van der Waals surface area contributed by atoms with Gasteiger partial charge < -0.3 is 9.84 Å². The standard InChI is InChI=1S/C13H16N2O3/c1-9(2)18-12(15-14)8-11(13(16)17)10-6-4-3-5-7-10/h3-7,9,11-12H,8H2,1-2H3/p+1. The van der Waals surface area contributed by atoms with Crippen molar-refractivity contribution >= 4 is 5.97 Å². The number of carboxylic acid groups (broad SMARTS) is 1. The zero-order chi connectivity index (χ0) is 13.5. The average Bonchev–Trinajstić information content (AvgIpc) is 2.34. The summed E-state index contributed by atoms with van der Waals surface area (Å²) >= 11 is 0. The molecule has 0 fully saturated rings. The van der Waals surface area contributed by atoms with Crippen LogP contribution in [0, 0.1) is 5.39 Å². The molecule has 0 saturated heterocycles. The van der Waals surface area contributed by atoms with Gasteiger partial charge in [-0.2, -0.15) is 0 Å². The second-order valence-electron chi connectivity index (χ2n) is 4.29. The highest BCUT2D eigenvalue weighted by Crippen LogP contribution is 2.23. The van der Waals surface area contributed by atoms with Crippen molar-refractivity contribution in [1.82, 2.24) is 0 Å². The molecule has 0 spiro atoms. The van der Waals surface area contributed by atoms with Crippen LogP contribution in [0.5, 0.6) is 0 Å². The Morgan fingerprint density at radius 1 is 1.39 bits per heavy atom. The molecule has 1 aromatic rings. The Kier molecular flexibility index (Phi) is 5.28. The van der Waals surface area contributed by atoms with Crippen LogP contribution in [-0.2, 0) is 9.53 Å². The van der Waals surface area contributed by atoms with Crippen LogP contribution in [-0.4, -0.2) is 23.4 Å². The van der Waals surface area contributed by atoms with Crippen molar-refractivity contribution in [2.75, 3.05) is 0 Å². The maximum atomic E-state index is 11.3. The minimum absolute atomic E-state index is 0.105. The van der Waals surface area contributed by atoms with Gasteiger partial charge in [0, 0.05) is 0 Å². The third-order valence-corrected chi connectivity index (χ3v) is 2.50. The van der Waals surface area contributed by atoms with Crippen LogP contribution in [0.4, 0.5) is 0 Å². The lowest BCUT2D eigenvalue weighted by atomic mass is 9.95. The first-order chi connectivity index (χ1) is 8.54. The third kappa shape index (κ3) is 4.15. The Hall–Kier alpha value is -1.93. The topological polar surface area (TPSA) is 74.7 Å². The molecular weight excluding hydrogens is 232 g/mol. The smallest absolute Gasteiger partial charge is 0.420 e. The van der Waals surface area contributed by atoms with Crippen LogP contribution in [0.3, 0.4) is 0 Å². The first kappa shape index (κ1) is 14.1. The van der Waals surface area contributed by atoms with E-state index in [1.165, 1.54) is 0 Å². The van der Waals surface area contributed by atoms with Crippen molar-refractivity contribution < 1.29 is 14.6 Å². The Balaban J connectivity index is 2.81. The van der Waals surface area contributed by atoms with E-state index in [-0.39, 0.29) is 12.5 Å². The molecule has 0 aliphatic carbocycles. The normalized spacial score (nSPS) is 13.9. The minimum atomic E-state index is -0.956. The van der Waals surface area contributed by atoms with Gasteiger partial charge in [-0.05, 0) is 19.4 Å². The fourth-order valence-electron chi connectivity index (χ4n) is 1.71. The van der Waals surface area contributed by atoms with Gasteiger partial charge in [0.1, 0.15) is 0 Å². The number of hydrogen-bond acceptors (Lipinski definition) is 3. The quantitative estimate of drug-likeness (QED) is 0.786. The maximum Gasteiger partial charge on any atom is 0.420 e. The molecule has 0 aromatic heterocycles. The number of nitrogens with zero attached hydrogens (tertiary/aromatic N) is 2. The monoisotopic (exact) mass is 249 g/mol. The van der Waals surface area contributed by atoms with Crippen LogP contribution >= 0.6 is 0 Å². The Morgan fingerprint density at radius 2 is 2.00 bits per heavy atom. The van der Waals surface area contributed by atoms with Gasteiger partial charge in [-0.25, -0.2) is 0 Å². The summed E-state index contributed by atoms with van der Waals surface area (Å²) in [6, 6.07) is 8.85. The number of carbonyl (C=O) groups is 1. The highest BCUT2D eigenvalue weighted by atomic mass is 16.5. The van der Waals surface area contributed by atoms with Crippen LogP contribution in [0.1, 0.15) is 31.7 Å². The Morgan fingerprint density at radius 3 is 2.44 bits per heavy atom. The van der Waals surface area contributed by atoms with E-state index in [9.17, 15) is 9.90 Å². The number of rotatable bonds is 6. The molecule has 96 valence electrons. The molecule has 2 atom stereocenters. The molecule has 0 radical (unpaired) electrons. The van der Waals surface area contributed by atoms with Gasteiger partial charge in [0.05, 0.1) is 18.4 Å². The van der Waals surface area contributed by atoms with Gasteiger partial charge in [0.2, 0.25) is 5.39 Å². The number of diazo groups is 1. The molecule has 18 heavy (non-hydrogen) atoms. The van der Waals surface area contributed by atoms with Crippen LogP contribution < -0.4 is 0 Å². The van der Waals surface area contributed by atoms with E-state index in [4.69, 9.17) is 10.1 Å². The predicted molar refractivity (Wildman–Crippen MR) is 66.5 cm³/mol. The number of carboxylic acids is 1. The molecule has 1 aromatic carbocycles. The number of aliphatic carboxylic acids is 1. The highest BCUT2D eigenvalue weighted by Gasteiger charge is 2.32. The van der Waals surface area contributed by atoms with E-state index in [1.807, 2.05) is 6.07 Å². The molecule has 2 unspecified atom stereocenters. The summed E-state index contributed by atoms with van der Waals surface area (Å²) in [6.07, 6.45) is -0.851. The summed E-state index contributed by atoms with van der Waals surface area (Å²) in [6.45, 7) is 3.60. The second-order valence-corrected chi connectivity index (χ2v) is 4.29. The molecular formula is C13H17N2O3+. The van der Waals surface area contributed by atoms with Crippen molar-refractivity contribution in [3.05, 3.63) is 40.9 Å².